The number of rotatable bonds is 7. The lowest BCUT2D eigenvalue weighted by Crippen LogP contribution is -2.05. The summed E-state index contributed by atoms with van der Waals surface area (Å²) >= 11 is 7.94. The van der Waals surface area contributed by atoms with E-state index in [1.54, 1.807) is 48.4 Å². The van der Waals surface area contributed by atoms with Crippen molar-refractivity contribution < 1.29 is 4.74 Å². The molecule has 8 heteroatoms. The highest BCUT2D eigenvalue weighted by atomic mass is 35.5. The van der Waals surface area contributed by atoms with Crippen LogP contribution in [0.15, 0.2) is 72.1 Å². The summed E-state index contributed by atoms with van der Waals surface area (Å²) in [5.41, 5.74) is 3.41. The van der Waals surface area contributed by atoms with E-state index in [2.05, 4.69) is 21.3 Å². The summed E-state index contributed by atoms with van der Waals surface area (Å²) in [7, 11) is 0. The zero-order chi connectivity index (χ0) is 21.6. The molecule has 6 nitrogen and oxygen atoms in total. The van der Waals surface area contributed by atoms with Crippen molar-refractivity contribution in [1.29, 1.82) is 5.26 Å². The van der Waals surface area contributed by atoms with Crippen LogP contribution in [-0.2, 0) is 0 Å². The van der Waals surface area contributed by atoms with Crippen molar-refractivity contribution in [3.05, 3.63) is 83.1 Å². The number of hydrogen-bond donors (Lipinski definition) is 0. The number of aromatic nitrogens is 4. The molecular formula is C23H18ClN5OS. The molecule has 0 aliphatic heterocycles. The first-order valence-electron chi connectivity index (χ1n) is 9.54. The lowest BCUT2D eigenvalue weighted by atomic mass is 10.2. The van der Waals surface area contributed by atoms with Gasteiger partial charge in [-0.05, 0) is 61.0 Å². The second-order valence-corrected chi connectivity index (χ2v) is 8.06. The first-order chi connectivity index (χ1) is 15.2. The van der Waals surface area contributed by atoms with Crippen molar-refractivity contribution in [1.82, 2.24) is 19.7 Å². The monoisotopic (exact) mass is 447 g/mol. The number of nitriles is 1. The smallest absolute Gasteiger partial charge is 0.196 e. The second kappa shape index (κ2) is 9.65. The molecule has 0 radical (unpaired) electrons. The third-order valence-electron chi connectivity index (χ3n) is 4.62. The van der Waals surface area contributed by atoms with Crippen LogP contribution in [0, 0.1) is 18.3 Å². The van der Waals surface area contributed by atoms with Gasteiger partial charge in [-0.1, -0.05) is 29.4 Å². The fourth-order valence-corrected chi connectivity index (χ4v) is 3.96. The van der Waals surface area contributed by atoms with Gasteiger partial charge in [0.1, 0.15) is 5.75 Å². The van der Waals surface area contributed by atoms with E-state index in [9.17, 15) is 0 Å². The van der Waals surface area contributed by atoms with Crippen LogP contribution in [0.1, 0.15) is 11.1 Å². The van der Waals surface area contributed by atoms with E-state index in [1.807, 2.05) is 41.8 Å². The van der Waals surface area contributed by atoms with E-state index in [-0.39, 0.29) is 0 Å². The van der Waals surface area contributed by atoms with E-state index in [4.69, 9.17) is 21.6 Å². The van der Waals surface area contributed by atoms with Gasteiger partial charge in [0.25, 0.3) is 0 Å². The molecule has 2 aromatic carbocycles. The van der Waals surface area contributed by atoms with Crippen molar-refractivity contribution in [3.63, 3.8) is 0 Å². The van der Waals surface area contributed by atoms with Crippen LogP contribution in [0.3, 0.4) is 0 Å². The molecule has 0 saturated carbocycles. The van der Waals surface area contributed by atoms with Crippen LogP contribution in [0.2, 0.25) is 5.02 Å². The van der Waals surface area contributed by atoms with E-state index in [0.717, 1.165) is 33.5 Å². The van der Waals surface area contributed by atoms with Gasteiger partial charge in [-0.15, -0.1) is 10.2 Å². The van der Waals surface area contributed by atoms with E-state index >= 15 is 0 Å². The first kappa shape index (κ1) is 20.9. The summed E-state index contributed by atoms with van der Waals surface area (Å²) in [6.07, 6.45) is 3.47. The molecule has 0 N–H and O–H groups in total. The Morgan fingerprint density at radius 2 is 1.84 bits per heavy atom. The molecule has 154 valence electrons. The minimum atomic E-state index is 0.489. The minimum absolute atomic E-state index is 0.489. The van der Waals surface area contributed by atoms with Crippen molar-refractivity contribution >= 4 is 23.4 Å². The molecule has 0 aliphatic rings. The van der Waals surface area contributed by atoms with E-state index in [0.29, 0.717) is 22.9 Å². The molecule has 4 rings (SSSR count). The molecule has 0 aliphatic carbocycles. The molecule has 0 bridgehead atoms. The highest BCUT2D eigenvalue weighted by Gasteiger charge is 2.18. The average Bonchev–Trinajstić information content (AvgIpc) is 3.23. The van der Waals surface area contributed by atoms with Gasteiger partial charge in [0.05, 0.1) is 23.9 Å². The van der Waals surface area contributed by atoms with Crippen LogP contribution in [0.4, 0.5) is 0 Å². The lowest BCUT2D eigenvalue weighted by molar-refractivity contribution is 0.344. The predicted molar refractivity (Wildman–Crippen MR) is 122 cm³/mol. The summed E-state index contributed by atoms with van der Waals surface area (Å²) in [5, 5.41) is 19.2. The fourth-order valence-electron chi connectivity index (χ4n) is 3.03. The number of ether oxygens (including phenoxy) is 1. The maximum Gasteiger partial charge on any atom is 0.196 e. The van der Waals surface area contributed by atoms with E-state index in [1.165, 1.54) is 0 Å². The quantitative estimate of drug-likeness (QED) is 0.281. The zero-order valence-electron chi connectivity index (χ0n) is 16.7. The highest BCUT2D eigenvalue weighted by molar-refractivity contribution is 7.99. The summed E-state index contributed by atoms with van der Waals surface area (Å²) in [5.74, 6) is 2.13. The molecule has 0 spiro atoms. The van der Waals surface area contributed by atoms with Gasteiger partial charge in [0.15, 0.2) is 11.0 Å². The Morgan fingerprint density at radius 3 is 2.58 bits per heavy atom. The number of halogens is 1. The molecule has 2 heterocycles. The zero-order valence-corrected chi connectivity index (χ0v) is 18.3. The molecule has 2 aromatic heterocycles. The van der Waals surface area contributed by atoms with Crippen molar-refractivity contribution in [2.24, 2.45) is 0 Å². The Hall–Kier alpha value is -3.34. The summed E-state index contributed by atoms with van der Waals surface area (Å²) in [4.78, 5) is 4.09. The Kier molecular flexibility index (Phi) is 6.51. The average molecular weight is 448 g/mol. The first-order valence-corrected chi connectivity index (χ1v) is 10.9. The molecule has 0 amide bonds. The Labute approximate surface area is 189 Å². The Morgan fingerprint density at radius 1 is 1.06 bits per heavy atom. The maximum atomic E-state index is 8.89. The largest absolute Gasteiger partial charge is 0.493 e. The molecule has 0 unspecified atom stereocenters. The molecule has 0 fully saturated rings. The van der Waals surface area contributed by atoms with Gasteiger partial charge in [0.2, 0.25) is 0 Å². The Bertz CT molecular complexity index is 1220. The maximum absolute atomic E-state index is 8.89. The summed E-state index contributed by atoms with van der Waals surface area (Å²) in [6.45, 7) is 2.47. The number of benzene rings is 2. The third kappa shape index (κ3) is 4.71. The fraction of sp³-hybridized carbons (Fsp3) is 0.130. The standard InChI is InChI=1S/C23H18ClN5OS/c1-16-20(24)3-2-4-21(16)29-22(18-9-11-26-12-10-18)27-28-23(29)31-14-13-30-19-7-5-17(15-25)6-8-19/h2-12H,13-14H2,1H3. The van der Waals surface area contributed by atoms with Crippen LogP contribution < -0.4 is 4.74 Å². The molecule has 31 heavy (non-hydrogen) atoms. The van der Waals surface area contributed by atoms with Crippen molar-refractivity contribution in [3.8, 4) is 28.9 Å². The normalized spacial score (nSPS) is 10.6. The SMILES string of the molecule is Cc1c(Cl)cccc1-n1c(SCCOc2ccc(C#N)cc2)nnc1-c1ccncc1. The van der Waals surface area contributed by atoms with Crippen molar-refractivity contribution in [2.75, 3.05) is 12.4 Å². The predicted octanol–water partition coefficient (Wildman–Crippen LogP) is 5.33. The molecular weight excluding hydrogens is 430 g/mol. The summed E-state index contributed by atoms with van der Waals surface area (Å²) in [6, 6.07) is 18.8. The lowest BCUT2D eigenvalue weighted by Gasteiger charge is -2.14. The molecule has 0 saturated heterocycles. The third-order valence-corrected chi connectivity index (χ3v) is 5.92. The van der Waals surface area contributed by atoms with Gasteiger partial charge in [-0.2, -0.15) is 5.26 Å². The van der Waals surface area contributed by atoms with Crippen LogP contribution >= 0.6 is 23.4 Å². The van der Waals surface area contributed by atoms with Gasteiger partial charge in [-0.3, -0.25) is 9.55 Å². The van der Waals surface area contributed by atoms with Gasteiger partial charge in [0, 0.05) is 28.7 Å². The van der Waals surface area contributed by atoms with Gasteiger partial charge in [-0.25, -0.2) is 0 Å². The number of nitrogens with zero attached hydrogens (tertiary/aromatic N) is 5. The van der Waals surface area contributed by atoms with Gasteiger partial charge >= 0.3 is 0 Å². The topological polar surface area (TPSA) is 76.6 Å². The molecule has 0 atom stereocenters. The number of thioether (sulfide) groups is 1. The van der Waals surface area contributed by atoms with Gasteiger partial charge < -0.3 is 4.74 Å². The number of pyridine rings is 1. The summed E-state index contributed by atoms with van der Waals surface area (Å²) < 4.78 is 7.81. The van der Waals surface area contributed by atoms with Crippen LogP contribution in [0.5, 0.6) is 5.75 Å². The Balaban J connectivity index is 1.56. The molecule has 4 aromatic rings. The van der Waals surface area contributed by atoms with E-state index < -0.39 is 0 Å². The number of hydrogen-bond acceptors (Lipinski definition) is 6. The second-order valence-electron chi connectivity index (χ2n) is 6.59. The highest BCUT2D eigenvalue weighted by Crippen LogP contribution is 2.31. The minimum Gasteiger partial charge on any atom is -0.493 e. The van der Waals surface area contributed by atoms with Crippen molar-refractivity contribution in [2.45, 2.75) is 12.1 Å². The van der Waals surface area contributed by atoms with Crippen LogP contribution in [-0.4, -0.2) is 32.1 Å². The van der Waals surface area contributed by atoms with Crippen LogP contribution in [0.25, 0.3) is 17.1 Å².